The van der Waals surface area contributed by atoms with Crippen LogP contribution in [0.5, 0.6) is 0 Å². The molecule has 0 amide bonds. The van der Waals surface area contributed by atoms with E-state index in [1.165, 1.54) is 0 Å². The quantitative estimate of drug-likeness (QED) is 0.807. The zero-order valence-electron chi connectivity index (χ0n) is 8.95. The number of aromatic nitrogens is 1. The summed E-state index contributed by atoms with van der Waals surface area (Å²) in [7, 11) is 1.76. The number of pyridine rings is 1. The second-order valence-corrected chi connectivity index (χ2v) is 3.56. The second kappa shape index (κ2) is 3.77. The molecule has 0 saturated carbocycles. The lowest BCUT2D eigenvalue weighted by molar-refractivity contribution is 0.873. The van der Waals surface area contributed by atoms with Gasteiger partial charge in [0.1, 0.15) is 0 Å². The fourth-order valence-corrected chi connectivity index (χ4v) is 1.66. The first kappa shape index (κ1) is 9.77. The number of nitrogens with zero attached hydrogens (tertiary/aromatic N) is 1. The summed E-state index contributed by atoms with van der Waals surface area (Å²) in [6, 6.07) is 7.76. The van der Waals surface area contributed by atoms with Gasteiger partial charge in [0.25, 0.3) is 5.56 Å². The van der Waals surface area contributed by atoms with Gasteiger partial charge in [-0.1, -0.05) is 0 Å². The molecule has 0 atom stereocenters. The minimum absolute atomic E-state index is 0.0514. The highest BCUT2D eigenvalue weighted by atomic mass is 16.1. The van der Waals surface area contributed by atoms with Crippen molar-refractivity contribution in [2.24, 2.45) is 7.05 Å². The van der Waals surface area contributed by atoms with Gasteiger partial charge in [-0.15, -0.1) is 0 Å². The molecule has 1 N–H and O–H groups in total. The maximum Gasteiger partial charge on any atom is 0.258 e. The van der Waals surface area contributed by atoms with Gasteiger partial charge in [0.15, 0.2) is 0 Å². The van der Waals surface area contributed by atoms with Gasteiger partial charge in [0, 0.05) is 30.9 Å². The Balaban J connectivity index is 2.65. The fraction of sp³-hybridized carbons (Fsp3) is 0.250. The topological polar surface area (TPSA) is 34.0 Å². The predicted octanol–water partition coefficient (Wildman–Crippen LogP) is 1.97. The number of hydrogen-bond donors (Lipinski definition) is 1. The van der Waals surface area contributed by atoms with E-state index in [0.717, 1.165) is 23.0 Å². The smallest absolute Gasteiger partial charge is 0.258 e. The molecule has 1 heterocycles. The SMILES string of the molecule is CCNc1ccc2c(=O)n(C)ccc2c1. The molecule has 0 aliphatic heterocycles. The molecular formula is C12H14N2O. The Kier molecular flexibility index (Phi) is 2.46. The lowest BCUT2D eigenvalue weighted by Gasteiger charge is -2.05. The number of fused-ring (bicyclic) bond motifs is 1. The summed E-state index contributed by atoms with van der Waals surface area (Å²) < 4.78 is 1.59. The summed E-state index contributed by atoms with van der Waals surface area (Å²) in [5.41, 5.74) is 1.11. The van der Waals surface area contributed by atoms with E-state index in [2.05, 4.69) is 5.32 Å². The average Bonchev–Trinajstić information content (AvgIpc) is 2.24. The fourth-order valence-electron chi connectivity index (χ4n) is 1.66. The third kappa shape index (κ3) is 1.73. The van der Waals surface area contributed by atoms with Crippen LogP contribution in [0.3, 0.4) is 0 Å². The lowest BCUT2D eigenvalue weighted by Crippen LogP contribution is -2.15. The Labute approximate surface area is 88.3 Å². The van der Waals surface area contributed by atoms with Gasteiger partial charge < -0.3 is 9.88 Å². The van der Waals surface area contributed by atoms with Crippen LogP contribution in [0.25, 0.3) is 10.8 Å². The van der Waals surface area contributed by atoms with Crippen molar-refractivity contribution in [1.82, 2.24) is 4.57 Å². The van der Waals surface area contributed by atoms with Crippen LogP contribution in [0.15, 0.2) is 35.3 Å². The Morgan fingerprint density at radius 1 is 1.33 bits per heavy atom. The third-order valence-electron chi connectivity index (χ3n) is 2.46. The summed E-state index contributed by atoms with van der Waals surface area (Å²) in [5, 5.41) is 4.97. The van der Waals surface area contributed by atoms with Gasteiger partial charge in [-0.25, -0.2) is 0 Å². The molecule has 0 fully saturated rings. The molecule has 1 aromatic carbocycles. The van der Waals surface area contributed by atoms with Crippen molar-refractivity contribution in [2.45, 2.75) is 6.92 Å². The zero-order valence-corrected chi connectivity index (χ0v) is 8.95. The first-order valence-corrected chi connectivity index (χ1v) is 5.05. The van der Waals surface area contributed by atoms with Crippen LogP contribution in [0.1, 0.15) is 6.92 Å². The highest BCUT2D eigenvalue weighted by Gasteiger charge is 2.00. The van der Waals surface area contributed by atoms with Crippen molar-refractivity contribution in [1.29, 1.82) is 0 Å². The van der Waals surface area contributed by atoms with E-state index in [-0.39, 0.29) is 5.56 Å². The van der Waals surface area contributed by atoms with Crippen molar-refractivity contribution in [3.63, 3.8) is 0 Å². The van der Waals surface area contributed by atoms with Crippen molar-refractivity contribution >= 4 is 16.5 Å². The summed E-state index contributed by atoms with van der Waals surface area (Å²) in [6.07, 6.45) is 1.79. The zero-order chi connectivity index (χ0) is 10.8. The van der Waals surface area contributed by atoms with Crippen molar-refractivity contribution < 1.29 is 0 Å². The Morgan fingerprint density at radius 3 is 2.87 bits per heavy atom. The van der Waals surface area contributed by atoms with Crippen LogP contribution in [0, 0.1) is 0 Å². The summed E-state index contributed by atoms with van der Waals surface area (Å²) in [5.74, 6) is 0. The van der Waals surface area contributed by atoms with Crippen molar-refractivity contribution in [3.8, 4) is 0 Å². The molecule has 3 heteroatoms. The van der Waals surface area contributed by atoms with Gasteiger partial charge in [-0.2, -0.15) is 0 Å². The molecule has 0 bridgehead atoms. The standard InChI is InChI=1S/C12H14N2O/c1-3-13-10-4-5-11-9(8-10)6-7-14(2)12(11)15/h4-8,13H,3H2,1-2H3. The molecule has 1 aromatic heterocycles. The van der Waals surface area contributed by atoms with Gasteiger partial charge in [-0.3, -0.25) is 4.79 Å². The monoisotopic (exact) mass is 202 g/mol. The Bertz CT molecular complexity index is 543. The number of anilines is 1. The molecule has 0 radical (unpaired) electrons. The van der Waals surface area contributed by atoms with Crippen molar-refractivity contribution in [2.75, 3.05) is 11.9 Å². The number of rotatable bonds is 2. The van der Waals surface area contributed by atoms with E-state index in [4.69, 9.17) is 0 Å². The molecule has 3 nitrogen and oxygen atoms in total. The molecule has 0 aliphatic rings. The first-order valence-electron chi connectivity index (χ1n) is 5.05. The number of hydrogen-bond acceptors (Lipinski definition) is 2. The van der Waals surface area contributed by atoms with Crippen LogP contribution in [-0.4, -0.2) is 11.1 Å². The summed E-state index contributed by atoms with van der Waals surface area (Å²) >= 11 is 0. The molecule has 0 unspecified atom stereocenters. The van der Waals surface area contributed by atoms with E-state index >= 15 is 0 Å². The number of aryl methyl sites for hydroxylation is 1. The van der Waals surface area contributed by atoms with Gasteiger partial charge >= 0.3 is 0 Å². The van der Waals surface area contributed by atoms with E-state index < -0.39 is 0 Å². The molecule has 0 aliphatic carbocycles. The van der Waals surface area contributed by atoms with E-state index in [0.29, 0.717) is 0 Å². The van der Waals surface area contributed by atoms with Gasteiger partial charge in [-0.05, 0) is 36.6 Å². The van der Waals surface area contributed by atoms with Crippen LogP contribution in [0.2, 0.25) is 0 Å². The molecule has 2 aromatic rings. The largest absolute Gasteiger partial charge is 0.385 e. The number of nitrogens with one attached hydrogen (secondary N) is 1. The molecule has 2 rings (SSSR count). The van der Waals surface area contributed by atoms with Crippen LogP contribution >= 0.6 is 0 Å². The Morgan fingerprint density at radius 2 is 2.13 bits per heavy atom. The summed E-state index contributed by atoms with van der Waals surface area (Å²) in [4.78, 5) is 11.7. The predicted molar refractivity (Wildman–Crippen MR) is 63.4 cm³/mol. The van der Waals surface area contributed by atoms with Crippen LogP contribution in [-0.2, 0) is 7.05 Å². The minimum Gasteiger partial charge on any atom is -0.385 e. The van der Waals surface area contributed by atoms with Crippen LogP contribution < -0.4 is 10.9 Å². The van der Waals surface area contributed by atoms with E-state index in [1.54, 1.807) is 17.8 Å². The lowest BCUT2D eigenvalue weighted by atomic mass is 10.1. The van der Waals surface area contributed by atoms with Gasteiger partial charge in [0.2, 0.25) is 0 Å². The Hall–Kier alpha value is -1.77. The molecular weight excluding hydrogens is 188 g/mol. The maximum atomic E-state index is 11.7. The second-order valence-electron chi connectivity index (χ2n) is 3.56. The highest BCUT2D eigenvalue weighted by Crippen LogP contribution is 2.15. The molecule has 0 spiro atoms. The average molecular weight is 202 g/mol. The molecule has 78 valence electrons. The minimum atomic E-state index is 0.0514. The summed E-state index contributed by atoms with van der Waals surface area (Å²) in [6.45, 7) is 2.94. The van der Waals surface area contributed by atoms with E-state index in [1.807, 2.05) is 31.2 Å². The van der Waals surface area contributed by atoms with Crippen molar-refractivity contribution in [3.05, 3.63) is 40.8 Å². The highest BCUT2D eigenvalue weighted by molar-refractivity contribution is 5.84. The van der Waals surface area contributed by atoms with Gasteiger partial charge in [0.05, 0.1) is 0 Å². The number of benzene rings is 1. The maximum absolute atomic E-state index is 11.7. The third-order valence-corrected chi connectivity index (χ3v) is 2.46. The molecule has 15 heavy (non-hydrogen) atoms. The molecule has 0 saturated heterocycles. The first-order chi connectivity index (χ1) is 7.22. The normalized spacial score (nSPS) is 10.5. The van der Waals surface area contributed by atoms with E-state index in [9.17, 15) is 4.79 Å². The van der Waals surface area contributed by atoms with Crippen LogP contribution in [0.4, 0.5) is 5.69 Å².